The van der Waals surface area contributed by atoms with Crippen LogP contribution in [0.5, 0.6) is 0 Å². The molecule has 0 atom stereocenters. The van der Waals surface area contributed by atoms with Crippen molar-refractivity contribution in [2.75, 3.05) is 25.9 Å². The quantitative estimate of drug-likeness (QED) is 0.811. The van der Waals surface area contributed by atoms with Gasteiger partial charge in [-0.3, -0.25) is 9.59 Å². The van der Waals surface area contributed by atoms with E-state index < -0.39 is 0 Å². The van der Waals surface area contributed by atoms with Gasteiger partial charge < -0.3 is 20.7 Å². The number of piperidine rings is 1. The molecule has 2 rings (SSSR count). The Morgan fingerprint density at radius 3 is 2.42 bits per heavy atom. The lowest BCUT2D eigenvalue weighted by atomic mass is 10.0. The first-order valence-corrected chi connectivity index (χ1v) is 8.05. The molecule has 24 heavy (non-hydrogen) atoms. The lowest BCUT2D eigenvalue weighted by molar-refractivity contribution is -0.138. The second kappa shape index (κ2) is 9.22. The predicted molar refractivity (Wildman–Crippen MR) is 93.5 cm³/mol. The first kappa shape index (κ1) is 19.9. The first-order valence-electron chi connectivity index (χ1n) is 8.05. The minimum absolute atomic E-state index is 0.0180. The molecule has 1 aliphatic heterocycles. The Bertz CT molecular complexity index is 520. The highest BCUT2D eigenvalue weighted by Crippen LogP contribution is 2.13. The number of aromatic nitrogens is 1. The SMILES string of the molecule is CC(C)(C)OC=O.CN(C(=O)c1ccc(N)nc1)C1CCNCC1. The van der Waals surface area contributed by atoms with Crippen LogP contribution in [0.15, 0.2) is 18.3 Å². The Balaban J connectivity index is 0.000000351. The fraction of sp³-hybridized carbons (Fsp3) is 0.588. The van der Waals surface area contributed by atoms with Crippen molar-refractivity contribution in [3.8, 4) is 0 Å². The van der Waals surface area contributed by atoms with Crippen LogP contribution in [0.3, 0.4) is 0 Å². The van der Waals surface area contributed by atoms with Gasteiger partial charge in [0.2, 0.25) is 0 Å². The van der Waals surface area contributed by atoms with Gasteiger partial charge in [0.15, 0.2) is 0 Å². The molecule has 0 aromatic carbocycles. The van der Waals surface area contributed by atoms with Crippen molar-refractivity contribution in [2.45, 2.75) is 45.3 Å². The van der Waals surface area contributed by atoms with E-state index in [1.54, 1.807) is 12.1 Å². The second-order valence-corrected chi connectivity index (χ2v) is 6.70. The highest BCUT2D eigenvalue weighted by Gasteiger charge is 2.22. The second-order valence-electron chi connectivity index (χ2n) is 6.70. The lowest BCUT2D eigenvalue weighted by Crippen LogP contribution is -2.43. The first-order chi connectivity index (χ1) is 11.2. The summed E-state index contributed by atoms with van der Waals surface area (Å²) in [5.74, 6) is 0.454. The average molecular weight is 336 g/mol. The third-order valence-corrected chi connectivity index (χ3v) is 3.61. The van der Waals surface area contributed by atoms with E-state index in [-0.39, 0.29) is 11.5 Å². The molecule has 0 spiro atoms. The van der Waals surface area contributed by atoms with Gasteiger partial charge in [0, 0.05) is 19.3 Å². The number of carbonyl (C=O) groups excluding carboxylic acids is 2. The number of nitrogens with one attached hydrogen (secondary N) is 1. The number of hydrogen-bond donors (Lipinski definition) is 2. The van der Waals surface area contributed by atoms with E-state index in [4.69, 9.17) is 5.73 Å². The topological polar surface area (TPSA) is 97.5 Å². The van der Waals surface area contributed by atoms with Crippen molar-refractivity contribution in [3.63, 3.8) is 0 Å². The van der Waals surface area contributed by atoms with Gasteiger partial charge in [-0.2, -0.15) is 0 Å². The molecule has 1 aliphatic rings. The Hall–Kier alpha value is -2.15. The maximum absolute atomic E-state index is 12.2. The van der Waals surface area contributed by atoms with E-state index in [0.717, 1.165) is 25.9 Å². The van der Waals surface area contributed by atoms with Gasteiger partial charge in [-0.25, -0.2) is 4.98 Å². The molecule has 0 saturated carbocycles. The monoisotopic (exact) mass is 336 g/mol. The molecule has 1 fully saturated rings. The molecule has 7 heteroatoms. The summed E-state index contributed by atoms with van der Waals surface area (Å²) in [7, 11) is 1.86. The van der Waals surface area contributed by atoms with E-state index in [2.05, 4.69) is 15.0 Å². The van der Waals surface area contributed by atoms with Gasteiger partial charge >= 0.3 is 0 Å². The maximum Gasteiger partial charge on any atom is 0.293 e. The van der Waals surface area contributed by atoms with Crippen LogP contribution < -0.4 is 11.1 Å². The molecule has 1 saturated heterocycles. The number of ether oxygens (including phenoxy) is 1. The largest absolute Gasteiger partial charge is 0.462 e. The van der Waals surface area contributed by atoms with Crippen LogP contribution in [-0.4, -0.2) is 54.0 Å². The van der Waals surface area contributed by atoms with Crippen molar-refractivity contribution >= 4 is 18.2 Å². The molecule has 1 aromatic rings. The molecular weight excluding hydrogens is 308 g/mol. The molecule has 0 aliphatic carbocycles. The average Bonchev–Trinajstić information content (AvgIpc) is 2.54. The Labute approximate surface area is 143 Å². The smallest absolute Gasteiger partial charge is 0.293 e. The van der Waals surface area contributed by atoms with E-state index in [1.165, 1.54) is 6.20 Å². The number of nitrogens with two attached hydrogens (primary N) is 1. The Morgan fingerprint density at radius 2 is 2.00 bits per heavy atom. The van der Waals surface area contributed by atoms with Crippen molar-refractivity contribution in [1.29, 1.82) is 0 Å². The number of hydrogen-bond acceptors (Lipinski definition) is 6. The molecule has 1 amide bonds. The summed E-state index contributed by atoms with van der Waals surface area (Å²) in [5.41, 5.74) is 5.78. The van der Waals surface area contributed by atoms with Crippen molar-refractivity contribution < 1.29 is 14.3 Å². The summed E-state index contributed by atoms with van der Waals surface area (Å²) in [6.07, 6.45) is 3.55. The third kappa shape index (κ3) is 6.95. The predicted octanol–water partition coefficient (Wildman–Crippen LogP) is 1.45. The zero-order valence-electron chi connectivity index (χ0n) is 14.9. The minimum Gasteiger partial charge on any atom is -0.462 e. The molecular formula is C17H28N4O3. The summed E-state index contributed by atoms with van der Waals surface area (Å²) < 4.78 is 4.55. The van der Waals surface area contributed by atoms with Crippen LogP contribution in [0, 0.1) is 0 Å². The van der Waals surface area contributed by atoms with Crippen LogP contribution in [0.4, 0.5) is 5.82 Å². The third-order valence-electron chi connectivity index (χ3n) is 3.61. The van der Waals surface area contributed by atoms with Gasteiger partial charge in [0.1, 0.15) is 11.4 Å². The molecule has 3 N–H and O–H groups in total. The molecule has 2 heterocycles. The van der Waals surface area contributed by atoms with Gasteiger partial charge in [0.25, 0.3) is 12.4 Å². The van der Waals surface area contributed by atoms with Crippen molar-refractivity contribution in [3.05, 3.63) is 23.9 Å². The number of nitrogens with zero attached hydrogens (tertiary/aromatic N) is 2. The summed E-state index contributed by atoms with van der Waals surface area (Å²) in [5, 5.41) is 3.29. The van der Waals surface area contributed by atoms with E-state index >= 15 is 0 Å². The zero-order valence-corrected chi connectivity index (χ0v) is 14.9. The van der Waals surface area contributed by atoms with Crippen LogP contribution >= 0.6 is 0 Å². The van der Waals surface area contributed by atoms with Crippen molar-refractivity contribution in [2.24, 2.45) is 0 Å². The number of nitrogen functional groups attached to an aromatic ring is 1. The van der Waals surface area contributed by atoms with Gasteiger partial charge in [0.05, 0.1) is 5.56 Å². The zero-order chi connectivity index (χ0) is 18.2. The number of amides is 1. The standard InChI is InChI=1S/C12H18N4O.C5H10O2/c1-16(10-4-6-14-7-5-10)12(17)9-2-3-11(13)15-8-9;1-5(2,3)7-4-6/h2-3,8,10,14H,4-7H2,1H3,(H2,13,15);4H,1-3H3. The lowest BCUT2D eigenvalue weighted by Gasteiger charge is -2.31. The van der Waals surface area contributed by atoms with Crippen LogP contribution in [0.25, 0.3) is 0 Å². The van der Waals surface area contributed by atoms with E-state index in [1.807, 2.05) is 32.7 Å². The molecule has 1 aromatic heterocycles. The molecule has 0 radical (unpaired) electrons. The molecule has 7 nitrogen and oxygen atoms in total. The van der Waals surface area contributed by atoms with Gasteiger partial charge in [-0.05, 0) is 58.8 Å². The molecule has 134 valence electrons. The van der Waals surface area contributed by atoms with Crippen LogP contribution in [0.2, 0.25) is 0 Å². The summed E-state index contributed by atoms with van der Waals surface area (Å²) >= 11 is 0. The van der Waals surface area contributed by atoms with Crippen LogP contribution in [-0.2, 0) is 9.53 Å². The summed E-state index contributed by atoms with van der Waals surface area (Å²) in [4.78, 5) is 27.5. The molecule has 0 unspecified atom stereocenters. The van der Waals surface area contributed by atoms with Gasteiger partial charge in [-0.1, -0.05) is 0 Å². The summed E-state index contributed by atoms with van der Waals surface area (Å²) in [6.45, 7) is 7.87. The number of rotatable bonds is 3. The highest BCUT2D eigenvalue weighted by atomic mass is 16.5. The number of carbonyl (C=O) groups is 2. The van der Waals surface area contributed by atoms with Gasteiger partial charge in [-0.15, -0.1) is 0 Å². The molecule has 0 bridgehead atoms. The van der Waals surface area contributed by atoms with E-state index in [9.17, 15) is 9.59 Å². The normalized spacial score (nSPS) is 15.0. The van der Waals surface area contributed by atoms with Crippen molar-refractivity contribution in [1.82, 2.24) is 15.2 Å². The van der Waals surface area contributed by atoms with E-state index in [0.29, 0.717) is 23.9 Å². The summed E-state index contributed by atoms with van der Waals surface area (Å²) in [6, 6.07) is 3.70. The Kier molecular flexibility index (Phi) is 7.64. The minimum atomic E-state index is -0.318. The number of anilines is 1. The maximum atomic E-state index is 12.2. The number of pyridine rings is 1. The fourth-order valence-electron chi connectivity index (χ4n) is 2.24. The Morgan fingerprint density at radius 1 is 1.38 bits per heavy atom. The fourth-order valence-corrected chi connectivity index (χ4v) is 2.24. The highest BCUT2D eigenvalue weighted by molar-refractivity contribution is 5.94. The van der Waals surface area contributed by atoms with Crippen LogP contribution in [0.1, 0.15) is 44.0 Å².